The van der Waals surface area contributed by atoms with Gasteiger partial charge in [-0.25, -0.2) is 5.43 Å². The number of hydrazone groups is 1. The molecule has 5 nitrogen and oxygen atoms in total. The summed E-state index contributed by atoms with van der Waals surface area (Å²) in [5.41, 5.74) is 4.26. The summed E-state index contributed by atoms with van der Waals surface area (Å²) in [7, 11) is 1.56. The Bertz CT molecular complexity index is 1030. The summed E-state index contributed by atoms with van der Waals surface area (Å²) in [4.78, 5) is 14.6. The smallest absolute Gasteiger partial charge is 0.416 e. The van der Waals surface area contributed by atoms with Gasteiger partial charge in [0, 0.05) is 35.0 Å². The molecule has 1 heterocycles. The average Bonchev–Trinajstić information content (AvgIpc) is 2.72. The highest BCUT2D eigenvalue weighted by atomic mass is 19.4. The summed E-state index contributed by atoms with van der Waals surface area (Å²) in [5, 5.41) is 3.96. The molecule has 172 valence electrons. The normalized spacial score (nSPS) is 17.9. The van der Waals surface area contributed by atoms with E-state index < -0.39 is 17.6 Å². The standard InChI is InChI=1S/C24H28F3N3O2/c1-6-30-20-12-21(32-5)17(11-19(20)15(2)13-23(30,3)4)14-28-29-22(31)16-8-7-9-18(10-16)24(25,26)27/h7-12,14-15H,6,13H2,1-5H3,(H,29,31)/b28-14-. The van der Waals surface area contributed by atoms with Crippen LogP contribution >= 0.6 is 0 Å². The average molecular weight is 448 g/mol. The number of carbonyl (C=O) groups excluding carboxylic acids is 1. The third kappa shape index (κ3) is 4.74. The van der Waals surface area contributed by atoms with Crippen LogP contribution in [0.15, 0.2) is 41.5 Å². The largest absolute Gasteiger partial charge is 0.496 e. The van der Waals surface area contributed by atoms with Crippen LogP contribution < -0.4 is 15.1 Å². The number of benzene rings is 2. The van der Waals surface area contributed by atoms with Crippen molar-refractivity contribution in [2.24, 2.45) is 5.10 Å². The Labute approximate surface area is 186 Å². The summed E-state index contributed by atoms with van der Waals surface area (Å²) in [6, 6.07) is 8.19. The molecule has 2 aromatic carbocycles. The maximum absolute atomic E-state index is 12.9. The second kappa shape index (κ2) is 8.84. The topological polar surface area (TPSA) is 53.9 Å². The number of rotatable bonds is 5. The zero-order valence-electron chi connectivity index (χ0n) is 18.9. The van der Waals surface area contributed by atoms with E-state index in [0.29, 0.717) is 17.2 Å². The maximum Gasteiger partial charge on any atom is 0.416 e. The number of halogens is 3. The Morgan fingerprint density at radius 2 is 2.03 bits per heavy atom. The molecule has 3 rings (SSSR count). The van der Waals surface area contributed by atoms with Crippen molar-refractivity contribution in [3.8, 4) is 5.75 Å². The monoisotopic (exact) mass is 447 g/mol. The minimum absolute atomic E-state index is 0.0146. The number of amides is 1. The number of ether oxygens (including phenoxy) is 1. The van der Waals surface area contributed by atoms with Crippen LogP contribution in [0.5, 0.6) is 5.75 Å². The van der Waals surface area contributed by atoms with Crippen LogP contribution in [0.1, 0.15) is 67.1 Å². The van der Waals surface area contributed by atoms with Crippen molar-refractivity contribution in [1.82, 2.24) is 5.43 Å². The molecule has 1 aliphatic rings. The van der Waals surface area contributed by atoms with Crippen LogP contribution in [-0.4, -0.2) is 31.3 Å². The number of hydrogen-bond acceptors (Lipinski definition) is 4. The van der Waals surface area contributed by atoms with E-state index in [1.165, 1.54) is 18.3 Å². The molecule has 0 saturated carbocycles. The first-order chi connectivity index (χ1) is 15.0. The van der Waals surface area contributed by atoms with E-state index in [1.54, 1.807) is 7.11 Å². The van der Waals surface area contributed by atoms with Crippen molar-refractivity contribution < 1.29 is 22.7 Å². The van der Waals surface area contributed by atoms with Crippen molar-refractivity contribution in [2.75, 3.05) is 18.6 Å². The van der Waals surface area contributed by atoms with Crippen LogP contribution in [0.4, 0.5) is 18.9 Å². The number of anilines is 1. The van der Waals surface area contributed by atoms with E-state index in [-0.39, 0.29) is 11.1 Å². The van der Waals surface area contributed by atoms with Crippen molar-refractivity contribution in [1.29, 1.82) is 0 Å². The molecule has 2 aromatic rings. The predicted molar refractivity (Wildman–Crippen MR) is 120 cm³/mol. The lowest BCUT2D eigenvalue weighted by molar-refractivity contribution is -0.137. The first-order valence-corrected chi connectivity index (χ1v) is 10.5. The van der Waals surface area contributed by atoms with Gasteiger partial charge in [-0.3, -0.25) is 4.79 Å². The van der Waals surface area contributed by atoms with E-state index in [4.69, 9.17) is 4.74 Å². The number of fused-ring (bicyclic) bond motifs is 1. The van der Waals surface area contributed by atoms with E-state index in [1.807, 2.05) is 12.1 Å². The predicted octanol–water partition coefficient (Wildman–Crippen LogP) is 5.59. The molecule has 1 aliphatic heterocycles. The van der Waals surface area contributed by atoms with E-state index in [0.717, 1.165) is 36.3 Å². The lowest BCUT2D eigenvalue weighted by Crippen LogP contribution is -2.48. The molecule has 32 heavy (non-hydrogen) atoms. The lowest BCUT2D eigenvalue weighted by atomic mass is 9.79. The van der Waals surface area contributed by atoms with Crippen molar-refractivity contribution in [3.05, 3.63) is 58.7 Å². The van der Waals surface area contributed by atoms with Gasteiger partial charge in [-0.15, -0.1) is 0 Å². The van der Waals surface area contributed by atoms with Gasteiger partial charge in [0.25, 0.3) is 5.91 Å². The van der Waals surface area contributed by atoms with Gasteiger partial charge in [-0.05, 0) is 62.9 Å². The number of hydrogen-bond donors (Lipinski definition) is 1. The molecule has 0 aromatic heterocycles. The molecule has 0 aliphatic carbocycles. The Balaban J connectivity index is 1.85. The molecule has 0 fully saturated rings. The van der Waals surface area contributed by atoms with Gasteiger partial charge in [0.15, 0.2) is 0 Å². The summed E-state index contributed by atoms with van der Waals surface area (Å²) in [6.07, 6.45) is -2.08. The zero-order chi connectivity index (χ0) is 23.7. The number of alkyl halides is 3. The fraction of sp³-hybridized carbons (Fsp3) is 0.417. The van der Waals surface area contributed by atoms with Crippen LogP contribution in [0, 0.1) is 0 Å². The molecule has 1 N–H and O–H groups in total. The minimum atomic E-state index is -4.52. The fourth-order valence-electron chi connectivity index (χ4n) is 4.47. The molecule has 8 heteroatoms. The van der Waals surface area contributed by atoms with E-state index >= 15 is 0 Å². The Hall–Kier alpha value is -3.03. The molecule has 1 amide bonds. The Kier molecular flexibility index (Phi) is 6.53. The molecule has 1 unspecified atom stereocenters. The first-order valence-electron chi connectivity index (χ1n) is 10.5. The highest BCUT2D eigenvalue weighted by Crippen LogP contribution is 2.45. The van der Waals surface area contributed by atoms with Gasteiger partial charge in [-0.1, -0.05) is 13.0 Å². The minimum Gasteiger partial charge on any atom is -0.496 e. The fourth-order valence-corrected chi connectivity index (χ4v) is 4.47. The second-order valence-corrected chi connectivity index (χ2v) is 8.59. The molecular weight excluding hydrogens is 419 g/mol. The lowest BCUT2D eigenvalue weighted by Gasteiger charge is -2.47. The molecule has 0 radical (unpaired) electrons. The zero-order valence-corrected chi connectivity index (χ0v) is 18.9. The summed E-state index contributed by atoms with van der Waals surface area (Å²) >= 11 is 0. The van der Waals surface area contributed by atoms with Gasteiger partial charge in [0.2, 0.25) is 0 Å². The SMILES string of the molecule is CCN1c2cc(OC)c(/C=N\NC(=O)c3cccc(C(F)(F)F)c3)cc2C(C)CC1(C)C. The van der Waals surface area contributed by atoms with Crippen molar-refractivity contribution in [2.45, 2.75) is 51.7 Å². The quantitative estimate of drug-likeness (QED) is 0.480. The highest BCUT2D eigenvalue weighted by molar-refractivity contribution is 5.95. The maximum atomic E-state index is 12.9. The van der Waals surface area contributed by atoms with E-state index in [2.05, 4.69) is 43.1 Å². The Morgan fingerprint density at radius 1 is 1.31 bits per heavy atom. The van der Waals surface area contributed by atoms with Gasteiger partial charge >= 0.3 is 6.18 Å². The molecule has 1 atom stereocenters. The van der Waals surface area contributed by atoms with Crippen LogP contribution in [0.2, 0.25) is 0 Å². The third-order valence-corrected chi connectivity index (χ3v) is 5.88. The first kappa shape index (κ1) is 23.6. The molecule has 0 spiro atoms. The van der Waals surface area contributed by atoms with Crippen LogP contribution in [0.25, 0.3) is 0 Å². The summed E-state index contributed by atoms with van der Waals surface area (Å²) < 4.78 is 44.2. The second-order valence-electron chi connectivity index (χ2n) is 8.59. The van der Waals surface area contributed by atoms with Crippen LogP contribution in [-0.2, 0) is 6.18 Å². The number of methoxy groups -OCH3 is 1. The number of carbonyl (C=O) groups is 1. The van der Waals surface area contributed by atoms with Gasteiger partial charge < -0.3 is 9.64 Å². The van der Waals surface area contributed by atoms with Gasteiger partial charge in [-0.2, -0.15) is 18.3 Å². The number of nitrogens with zero attached hydrogens (tertiary/aromatic N) is 2. The van der Waals surface area contributed by atoms with E-state index in [9.17, 15) is 18.0 Å². The molecule has 0 saturated heterocycles. The van der Waals surface area contributed by atoms with Crippen LogP contribution in [0.3, 0.4) is 0 Å². The Morgan fingerprint density at radius 3 is 2.66 bits per heavy atom. The third-order valence-electron chi connectivity index (χ3n) is 5.88. The highest BCUT2D eigenvalue weighted by Gasteiger charge is 2.36. The number of nitrogens with one attached hydrogen (secondary N) is 1. The van der Waals surface area contributed by atoms with Crippen molar-refractivity contribution >= 4 is 17.8 Å². The summed E-state index contributed by atoms with van der Waals surface area (Å²) in [5.74, 6) is 0.196. The van der Waals surface area contributed by atoms with Gasteiger partial charge in [0.05, 0.1) is 18.9 Å². The van der Waals surface area contributed by atoms with Gasteiger partial charge in [0.1, 0.15) is 5.75 Å². The summed E-state index contributed by atoms with van der Waals surface area (Å²) in [6.45, 7) is 9.60. The molecular formula is C24H28F3N3O2. The van der Waals surface area contributed by atoms with Crippen molar-refractivity contribution in [3.63, 3.8) is 0 Å². The molecule has 0 bridgehead atoms.